The average Bonchev–Trinajstić information content (AvgIpc) is 3.00. The highest BCUT2D eigenvalue weighted by molar-refractivity contribution is 7.12. The lowest BCUT2D eigenvalue weighted by Gasteiger charge is -2.19. The second-order valence-corrected chi connectivity index (χ2v) is 9.03. The van der Waals surface area contributed by atoms with Gasteiger partial charge in [0.25, 0.3) is 0 Å². The predicted octanol–water partition coefficient (Wildman–Crippen LogP) is 4.90. The molecule has 0 bridgehead atoms. The first-order valence-corrected chi connectivity index (χ1v) is 11.3. The third-order valence-electron chi connectivity index (χ3n) is 5.55. The molecule has 2 unspecified atom stereocenters. The molecule has 1 aromatic carbocycles. The second kappa shape index (κ2) is 11.0. The first-order valence-electron chi connectivity index (χ1n) is 10.5. The molecule has 3 rings (SSSR count). The number of rotatable bonds is 9. The monoisotopic (exact) mass is 386 g/mol. The third-order valence-corrected chi connectivity index (χ3v) is 6.69. The largest absolute Gasteiger partial charge is 0.386 e. The van der Waals surface area contributed by atoms with Crippen LogP contribution in [0.15, 0.2) is 42.5 Å². The van der Waals surface area contributed by atoms with E-state index in [2.05, 4.69) is 47.4 Å². The lowest BCUT2D eigenvalue weighted by molar-refractivity contribution is 0.144. The lowest BCUT2D eigenvalue weighted by Crippen LogP contribution is -2.27. The van der Waals surface area contributed by atoms with Crippen molar-refractivity contribution in [2.75, 3.05) is 13.1 Å². The summed E-state index contributed by atoms with van der Waals surface area (Å²) in [5, 5.41) is 10.6. The van der Waals surface area contributed by atoms with Gasteiger partial charge in [-0.15, -0.1) is 11.3 Å². The Hall–Kier alpha value is -1.20. The number of unbranched alkanes of at least 4 members (excludes halogenated alkanes) is 1. The number of hydrogen-bond donors (Lipinski definition) is 2. The van der Waals surface area contributed by atoms with E-state index in [1.54, 1.807) is 11.3 Å². The Bertz CT molecular complexity index is 649. The number of likely N-dealkylation sites (tertiary alicyclic amines) is 1. The van der Waals surface area contributed by atoms with Gasteiger partial charge in [-0.1, -0.05) is 49.6 Å². The maximum absolute atomic E-state index is 10.6. The molecule has 3 nitrogen and oxygen atoms in total. The molecule has 0 amide bonds. The second-order valence-electron chi connectivity index (χ2n) is 7.83. The Kier molecular flexibility index (Phi) is 8.34. The molecule has 3 N–H and O–H groups in total. The van der Waals surface area contributed by atoms with Gasteiger partial charge in [0.05, 0.1) is 0 Å². The number of aliphatic hydroxyl groups is 1. The van der Waals surface area contributed by atoms with E-state index in [4.69, 9.17) is 5.73 Å². The summed E-state index contributed by atoms with van der Waals surface area (Å²) < 4.78 is 0. The number of nitrogens with two attached hydrogens (primary N) is 1. The maximum atomic E-state index is 10.6. The van der Waals surface area contributed by atoms with Crippen LogP contribution in [0, 0.1) is 0 Å². The van der Waals surface area contributed by atoms with Crippen LogP contribution in [0.3, 0.4) is 0 Å². The zero-order valence-corrected chi connectivity index (χ0v) is 17.2. The standard InChI is InChI=1S/C23H34N2OS/c24-21(13-7-6-12-19-10-4-3-5-11-19)23(26)22-15-14-20(27-22)18-25-16-8-1-2-9-17-25/h3-5,10-11,14-15,21,23,26H,1-2,6-9,12-13,16-18,24H2. The number of aryl methyl sites for hydroxylation is 1. The smallest absolute Gasteiger partial charge is 0.103 e. The molecule has 2 atom stereocenters. The molecule has 0 aliphatic carbocycles. The van der Waals surface area contributed by atoms with Crippen LogP contribution in [0.1, 0.15) is 66.4 Å². The van der Waals surface area contributed by atoms with Crippen molar-refractivity contribution in [2.24, 2.45) is 5.73 Å². The molecule has 148 valence electrons. The van der Waals surface area contributed by atoms with Crippen molar-refractivity contribution in [2.45, 2.75) is 70.1 Å². The minimum absolute atomic E-state index is 0.175. The third kappa shape index (κ3) is 6.72. The molecule has 1 fully saturated rings. The van der Waals surface area contributed by atoms with Gasteiger partial charge < -0.3 is 10.8 Å². The molecule has 0 saturated carbocycles. The molecule has 4 heteroatoms. The van der Waals surface area contributed by atoms with Crippen molar-refractivity contribution in [3.05, 3.63) is 57.8 Å². The highest BCUT2D eigenvalue weighted by atomic mass is 32.1. The molecule has 1 saturated heterocycles. The highest BCUT2D eigenvalue weighted by Gasteiger charge is 2.19. The first kappa shape index (κ1) is 20.5. The normalized spacial score (nSPS) is 18.1. The van der Waals surface area contributed by atoms with Crippen LogP contribution in [0.2, 0.25) is 0 Å². The van der Waals surface area contributed by atoms with E-state index < -0.39 is 6.10 Å². The van der Waals surface area contributed by atoms with Crippen molar-refractivity contribution in [3.8, 4) is 0 Å². The summed E-state index contributed by atoms with van der Waals surface area (Å²) in [6.45, 7) is 3.43. The molecule has 2 heterocycles. The molecule has 0 spiro atoms. The quantitative estimate of drug-likeness (QED) is 0.603. The summed E-state index contributed by atoms with van der Waals surface area (Å²) in [7, 11) is 0. The molecule has 1 aromatic heterocycles. The van der Waals surface area contributed by atoms with Crippen LogP contribution in [-0.2, 0) is 13.0 Å². The number of nitrogens with zero attached hydrogens (tertiary/aromatic N) is 1. The topological polar surface area (TPSA) is 49.5 Å². The first-order chi connectivity index (χ1) is 13.2. The Labute approximate surface area is 168 Å². The van der Waals surface area contributed by atoms with E-state index in [1.807, 2.05) is 0 Å². The van der Waals surface area contributed by atoms with Gasteiger partial charge in [0.2, 0.25) is 0 Å². The van der Waals surface area contributed by atoms with Crippen molar-refractivity contribution in [1.82, 2.24) is 4.90 Å². The minimum Gasteiger partial charge on any atom is -0.386 e. The van der Waals surface area contributed by atoms with Crippen molar-refractivity contribution < 1.29 is 5.11 Å². The van der Waals surface area contributed by atoms with Gasteiger partial charge in [-0.25, -0.2) is 0 Å². The van der Waals surface area contributed by atoms with Gasteiger partial charge in [0.15, 0.2) is 0 Å². The zero-order valence-electron chi connectivity index (χ0n) is 16.4. The van der Waals surface area contributed by atoms with Crippen LogP contribution in [0.25, 0.3) is 0 Å². The summed E-state index contributed by atoms with van der Waals surface area (Å²) in [6, 6.07) is 14.7. The Balaban J connectivity index is 1.41. The van der Waals surface area contributed by atoms with E-state index >= 15 is 0 Å². The maximum Gasteiger partial charge on any atom is 0.103 e. The number of hydrogen-bond acceptors (Lipinski definition) is 4. The summed E-state index contributed by atoms with van der Waals surface area (Å²) in [5.74, 6) is 0. The summed E-state index contributed by atoms with van der Waals surface area (Å²) >= 11 is 1.73. The summed E-state index contributed by atoms with van der Waals surface area (Å²) in [6.07, 6.45) is 8.95. The van der Waals surface area contributed by atoms with Gasteiger partial charge in [0, 0.05) is 22.3 Å². The fourth-order valence-electron chi connectivity index (χ4n) is 3.88. The summed E-state index contributed by atoms with van der Waals surface area (Å²) in [4.78, 5) is 4.93. The molecule has 0 radical (unpaired) electrons. The van der Waals surface area contributed by atoms with Crippen LogP contribution >= 0.6 is 11.3 Å². The average molecular weight is 387 g/mol. The van der Waals surface area contributed by atoms with Crippen LogP contribution in [0.5, 0.6) is 0 Å². The van der Waals surface area contributed by atoms with Crippen LogP contribution < -0.4 is 5.73 Å². The SMILES string of the molecule is NC(CCCCc1ccccc1)C(O)c1ccc(CN2CCCCCC2)s1. The Morgan fingerprint density at radius 3 is 2.44 bits per heavy atom. The van der Waals surface area contributed by atoms with Crippen molar-refractivity contribution in [3.63, 3.8) is 0 Å². The fourth-order valence-corrected chi connectivity index (χ4v) is 4.99. The predicted molar refractivity (Wildman–Crippen MR) is 115 cm³/mol. The van der Waals surface area contributed by atoms with Crippen LogP contribution in [0.4, 0.5) is 0 Å². The van der Waals surface area contributed by atoms with Crippen molar-refractivity contribution in [1.29, 1.82) is 0 Å². The molecule has 2 aromatic rings. The van der Waals surface area contributed by atoms with Gasteiger partial charge in [-0.05, 0) is 62.9 Å². The lowest BCUT2D eigenvalue weighted by atomic mass is 10.0. The Morgan fingerprint density at radius 1 is 0.963 bits per heavy atom. The van der Waals surface area contributed by atoms with Gasteiger partial charge in [-0.2, -0.15) is 0 Å². The van der Waals surface area contributed by atoms with E-state index in [1.165, 1.54) is 49.2 Å². The zero-order chi connectivity index (χ0) is 18.9. The van der Waals surface area contributed by atoms with Gasteiger partial charge in [-0.3, -0.25) is 4.90 Å². The van der Waals surface area contributed by atoms with Gasteiger partial charge >= 0.3 is 0 Å². The van der Waals surface area contributed by atoms with E-state index in [9.17, 15) is 5.11 Å². The molecular formula is C23H34N2OS. The summed E-state index contributed by atoms with van der Waals surface area (Å²) in [5.41, 5.74) is 7.67. The van der Waals surface area contributed by atoms with E-state index in [0.717, 1.165) is 37.1 Å². The van der Waals surface area contributed by atoms with Crippen molar-refractivity contribution >= 4 is 11.3 Å². The molecular weight excluding hydrogens is 352 g/mol. The molecule has 1 aliphatic rings. The molecule has 1 aliphatic heterocycles. The Morgan fingerprint density at radius 2 is 1.70 bits per heavy atom. The fraction of sp³-hybridized carbons (Fsp3) is 0.565. The minimum atomic E-state index is -0.537. The van der Waals surface area contributed by atoms with Crippen LogP contribution in [-0.4, -0.2) is 29.1 Å². The highest BCUT2D eigenvalue weighted by Crippen LogP contribution is 2.28. The van der Waals surface area contributed by atoms with E-state index in [-0.39, 0.29) is 6.04 Å². The molecule has 27 heavy (non-hydrogen) atoms. The number of thiophene rings is 1. The number of benzene rings is 1. The number of aliphatic hydroxyl groups excluding tert-OH is 1. The van der Waals surface area contributed by atoms with E-state index in [0.29, 0.717) is 0 Å². The van der Waals surface area contributed by atoms with Gasteiger partial charge in [0.1, 0.15) is 6.10 Å².